The molecule has 0 aromatic heterocycles. The van der Waals surface area contributed by atoms with E-state index in [2.05, 4.69) is 17.3 Å². The van der Waals surface area contributed by atoms with E-state index in [0.29, 0.717) is 19.3 Å². The van der Waals surface area contributed by atoms with Crippen LogP contribution in [0.1, 0.15) is 39.0 Å². The zero-order valence-corrected chi connectivity index (χ0v) is 9.98. The first-order chi connectivity index (χ1) is 7.99. The topological polar surface area (TPSA) is 38.0 Å². The van der Waals surface area contributed by atoms with Gasteiger partial charge in [-0.2, -0.15) is 13.2 Å². The van der Waals surface area contributed by atoms with E-state index in [9.17, 15) is 13.2 Å². The number of nitrogens with one attached hydrogen (secondary N) is 1. The summed E-state index contributed by atoms with van der Waals surface area (Å²) in [5.74, 6) is 10.2. The van der Waals surface area contributed by atoms with Crippen molar-refractivity contribution in [3.8, 4) is 11.8 Å². The first-order valence-electron chi connectivity index (χ1n) is 5.91. The van der Waals surface area contributed by atoms with Gasteiger partial charge in [0.1, 0.15) is 0 Å². The predicted molar refractivity (Wildman–Crippen MR) is 60.7 cm³/mol. The van der Waals surface area contributed by atoms with Crippen molar-refractivity contribution in [2.45, 2.75) is 51.2 Å². The molecule has 0 amide bonds. The number of hydrogen-bond donors (Lipinski definition) is 2. The van der Waals surface area contributed by atoms with E-state index in [1.54, 1.807) is 6.92 Å². The summed E-state index contributed by atoms with van der Waals surface area (Å²) in [7, 11) is 0. The van der Waals surface area contributed by atoms with Gasteiger partial charge in [0.15, 0.2) is 0 Å². The first kappa shape index (κ1) is 14.3. The minimum Gasteiger partial charge on any atom is -0.271 e. The molecule has 0 aromatic carbocycles. The molecule has 1 unspecified atom stereocenters. The molecule has 3 N–H and O–H groups in total. The zero-order valence-electron chi connectivity index (χ0n) is 9.98. The lowest BCUT2D eigenvalue weighted by Crippen LogP contribution is -2.43. The summed E-state index contributed by atoms with van der Waals surface area (Å²) in [5.41, 5.74) is 2.68. The fourth-order valence-corrected chi connectivity index (χ4v) is 2.42. The monoisotopic (exact) mass is 248 g/mol. The van der Waals surface area contributed by atoms with Crippen molar-refractivity contribution in [3.05, 3.63) is 0 Å². The van der Waals surface area contributed by atoms with Crippen molar-refractivity contribution in [2.24, 2.45) is 17.7 Å². The number of hydrazine groups is 1. The smallest absolute Gasteiger partial charge is 0.271 e. The highest BCUT2D eigenvalue weighted by Gasteiger charge is 2.42. The molecule has 98 valence electrons. The van der Waals surface area contributed by atoms with E-state index in [-0.39, 0.29) is 24.8 Å². The molecule has 0 heterocycles. The van der Waals surface area contributed by atoms with Crippen LogP contribution < -0.4 is 11.3 Å². The van der Waals surface area contributed by atoms with Gasteiger partial charge in [-0.1, -0.05) is 0 Å². The lowest BCUT2D eigenvalue weighted by Gasteiger charge is -2.33. The maximum absolute atomic E-state index is 12.5. The minimum absolute atomic E-state index is 0.0108. The summed E-state index contributed by atoms with van der Waals surface area (Å²) in [6.45, 7) is 1.74. The fraction of sp³-hybridized carbons (Fsp3) is 0.833. The van der Waals surface area contributed by atoms with Crippen LogP contribution in [0.3, 0.4) is 0 Å². The highest BCUT2D eigenvalue weighted by molar-refractivity contribution is 4.99. The lowest BCUT2D eigenvalue weighted by molar-refractivity contribution is -0.184. The fourth-order valence-electron chi connectivity index (χ4n) is 2.42. The third kappa shape index (κ3) is 4.21. The molecule has 0 bridgehead atoms. The van der Waals surface area contributed by atoms with Gasteiger partial charge in [-0.05, 0) is 38.5 Å². The Morgan fingerprint density at radius 3 is 2.29 bits per heavy atom. The highest BCUT2D eigenvalue weighted by atomic mass is 19.4. The first-order valence-corrected chi connectivity index (χ1v) is 5.91. The second-order valence-electron chi connectivity index (χ2n) is 4.56. The van der Waals surface area contributed by atoms with Crippen molar-refractivity contribution < 1.29 is 13.2 Å². The minimum atomic E-state index is -4.04. The van der Waals surface area contributed by atoms with Gasteiger partial charge in [0.2, 0.25) is 0 Å². The van der Waals surface area contributed by atoms with Gasteiger partial charge in [0.05, 0.1) is 5.92 Å². The molecule has 0 aromatic rings. The second-order valence-corrected chi connectivity index (χ2v) is 4.56. The SMILES string of the molecule is CC#CCC(NN)C1CCC(C(F)(F)F)CC1. The van der Waals surface area contributed by atoms with Gasteiger partial charge < -0.3 is 0 Å². The Kier molecular flexibility index (Phi) is 5.29. The maximum atomic E-state index is 12.5. The molecule has 0 aliphatic heterocycles. The average Bonchev–Trinajstić information content (AvgIpc) is 2.29. The summed E-state index contributed by atoms with van der Waals surface area (Å²) < 4.78 is 37.5. The van der Waals surface area contributed by atoms with Crippen LogP contribution >= 0.6 is 0 Å². The largest absolute Gasteiger partial charge is 0.391 e. The number of halogens is 3. The third-order valence-electron chi connectivity index (χ3n) is 3.52. The Bertz CT molecular complexity index is 282. The van der Waals surface area contributed by atoms with E-state index in [1.807, 2.05) is 0 Å². The quantitative estimate of drug-likeness (QED) is 0.458. The summed E-state index contributed by atoms with van der Waals surface area (Å²) in [4.78, 5) is 0. The van der Waals surface area contributed by atoms with Crippen LogP contribution in [0.25, 0.3) is 0 Å². The van der Waals surface area contributed by atoms with Crippen LogP contribution in [0.15, 0.2) is 0 Å². The number of rotatable bonds is 3. The van der Waals surface area contributed by atoms with Gasteiger partial charge in [-0.3, -0.25) is 11.3 Å². The summed E-state index contributed by atoms with van der Waals surface area (Å²) in [6.07, 6.45) is -1.86. The van der Waals surface area contributed by atoms with Gasteiger partial charge in [0.25, 0.3) is 0 Å². The molecule has 1 fully saturated rings. The molecule has 0 spiro atoms. The Labute approximate surface area is 100 Å². The van der Waals surface area contributed by atoms with Crippen molar-refractivity contribution >= 4 is 0 Å². The number of alkyl halides is 3. The molecule has 5 heteroatoms. The number of hydrogen-bond acceptors (Lipinski definition) is 2. The van der Waals surface area contributed by atoms with Gasteiger partial charge in [-0.15, -0.1) is 11.8 Å². The molecular formula is C12H19F3N2. The average molecular weight is 248 g/mol. The Hall–Kier alpha value is -0.730. The highest BCUT2D eigenvalue weighted by Crippen LogP contribution is 2.40. The van der Waals surface area contributed by atoms with Crippen LogP contribution in [-0.2, 0) is 0 Å². The summed E-state index contributed by atoms with van der Waals surface area (Å²) in [6, 6.07) is 0.0108. The lowest BCUT2D eigenvalue weighted by atomic mass is 9.77. The third-order valence-corrected chi connectivity index (χ3v) is 3.52. The number of nitrogens with two attached hydrogens (primary N) is 1. The van der Waals surface area contributed by atoms with Gasteiger partial charge in [0, 0.05) is 12.5 Å². The van der Waals surface area contributed by atoms with Crippen LogP contribution in [0.4, 0.5) is 13.2 Å². The zero-order chi connectivity index (χ0) is 12.9. The van der Waals surface area contributed by atoms with E-state index in [1.165, 1.54) is 0 Å². The van der Waals surface area contributed by atoms with Gasteiger partial charge in [-0.25, -0.2) is 0 Å². The molecule has 0 radical (unpaired) electrons. The predicted octanol–water partition coefficient (Wildman–Crippen LogP) is 2.60. The van der Waals surface area contributed by atoms with Crippen LogP contribution in [0, 0.1) is 23.7 Å². The maximum Gasteiger partial charge on any atom is 0.391 e. The molecule has 0 saturated heterocycles. The van der Waals surface area contributed by atoms with Crippen LogP contribution in [0.2, 0.25) is 0 Å². The van der Waals surface area contributed by atoms with Crippen LogP contribution in [-0.4, -0.2) is 12.2 Å². The Balaban J connectivity index is 2.46. The molecule has 1 aliphatic carbocycles. The molecule has 17 heavy (non-hydrogen) atoms. The standard InChI is InChI=1S/C12H19F3N2/c1-2-3-4-11(17-16)9-5-7-10(8-6-9)12(13,14)15/h9-11,17H,4-8,16H2,1H3. The van der Waals surface area contributed by atoms with E-state index in [4.69, 9.17) is 5.84 Å². The second kappa shape index (κ2) is 6.27. The van der Waals surface area contributed by atoms with Crippen molar-refractivity contribution in [3.63, 3.8) is 0 Å². The van der Waals surface area contributed by atoms with Gasteiger partial charge >= 0.3 is 6.18 Å². The molecule has 1 saturated carbocycles. The molecule has 1 rings (SSSR count). The van der Waals surface area contributed by atoms with Crippen LogP contribution in [0.5, 0.6) is 0 Å². The van der Waals surface area contributed by atoms with Crippen molar-refractivity contribution in [1.82, 2.24) is 5.43 Å². The Morgan fingerprint density at radius 2 is 1.88 bits per heavy atom. The van der Waals surface area contributed by atoms with E-state index >= 15 is 0 Å². The summed E-state index contributed by atoms with van der Waals surface area (Å²) >= 11 is 0. The summed E-state index contributed by atoms with van der Waals surface area (Å²) in [5, 5.41) is 0. The van der Waals surface area contributed by atoms with Crippen molar-refractivity contribution in [1.29, 1.82) is 0 Å². The molecular weight excluding hydrogens is 229 g/mol. The normalized spacial score (nSPS) is 27.1. The molecule has 1 aliphatic rings. The van der Waals surface area contributed by atoms with E-state index < -0.39 is 12.1 Å². The molecule has 2 nitrogen and oxygen atoms in total. The molecule has 1 atom stereocenters. The van der Waals surface area contributed by atoms with E-state index in [0.717, 1.165) is 0 Å². The Morgan fingerprint density at radius 1 is 1.29 bits per heavy atom. The van der Waals surface area contributed by atoms with Crippen molar-refractivity contribution in [2.75, 3.05) is 0 Å².